The maximum absolute atomic E-state index is 15.4. The molecular weight excluding hydrogens is 560 g/mol. The highest BCUT2D eigenvalue weighted by Crippen LogP contribution is 2.46. The number of hydrogen-bond donors (Lipinski definition) is 4. The first-order valence-corrected chi connectivity index (χ1v) is 14.8. The predicted octanol–water partition coefficient (Wildman–Crippen LogP) is 2.71. The topological polar surface area (TPSA) is 185 Å². The number of fused-ring (bicyclic) bond motifs is 1. The van der Waals surface area contributed by atoms with Gasteiger partial charge in [0.25, 0.3) is 0 Å². The van der Waals surface area contributed by atoms with E-state index in [4.69, 9.17) is 24.3 Å². The molecule has 5 N–H and O–H groups in total. The number of nitrogens with one attached hydrogen (secondary N) is 2. The van der Waals surface area contributed by atoms with Crippen LogP contribution in [0.5, 0.6) is 5.75 Å². The fourth-order valence-corrected chi connectivity index (χ4v) is 5.71. The van der Waals surface area contributed by atoms with Crippen molar-refractivity contribution in [3.63, 3.8) is 0 Å². The van der Waals surface area contributed by atoms with Gasteiger partial charge in [-0.2, -0.15) is 15.1 Å². The number of esters is 1. The van der Waals surface area contributed by atoms with Crippen LogP contribution in [0.1, 0.15) is 39.8 Å². The highest BCUT2D eigenvalue weighted by atomic mass is 31.2. The van der Waals surface area contributed by atoms with E-state index in [1.54, 1.807) is 44.2 Å². The molecule has 1 aliphatic heterocycles. The van der Waals surface area contributed by atoms with E-state index in [-0.39, 0.29) is 23.4 Å². The molecule has 0 spiro atoms. The molecule has 1 saturated heterocycles. The zero-order chi connectivity index (χ0) is 29.3. The molecule has 1 aliphatic carbocycles. The van der Waals surface area contributed by atoms with Crippen LogP contribution in [0.3, 0.4) is 0 Å². The van der Waals surface area contributed by atoms with Gasteiger partial charge in [-0.3, -0.25) is 13.9 Å². The van der Waals surface area contributed by atoms with E-state index in [0.717, 1.165) is 12.8 Å². The van der Waals surface area contributed by atoms with Crippen molar-refractivity contribution in [1.29, 1.82) is 0 Å². The lowest BCUT2D eigenvalue weighted by atomic mass is 10.1. The minimum absolute atomic E-state index is 0.0357. The Balaban J connectivity index is 1.32. The fourth-order valence-electron chi connectivity index (χ4n) is 4.21. The first-order valence-electron chi connectivity index (χ1n) is 13.2. The molecule has 0 bridgehead atoms. The van der Waals surface area contributed by atoms with Crippen LogP contribution in [0.4, 0.5) is 16.2 Å². The number of aromatic nitrogens is 4. The van der Waals surface area contributed by atoms with E-state index >= 15 is 4.39 Å². The van der Waals surface area contributed by atoms with Gasteiger partial charge in [-0.15, -0.1) is 0 Å². The van der Waals surface area contributed by atoms with Crippen LogP contribution in [0.25, 0.3) is 11.2 Å². The van der Waals surface area contributed by atoms with Gasteiger partial charge in [-0.1, -0.05) is 18.2 Å². The highest BCUT2D eigenvalue weighted by molar-refractivity contribution is 7.52. The number of rotatable bonds is 12. The molecule has 1 saturated carbocycles. The van der Waals surface area contributed by atoms with Gasteiger partial charge in [-0.05, 0) is 45.7 Å². The number of aliphatic hydroxyl groups excluding tert-OH is 1. The summed E-state index contributed by atoms with van der Waals surface area (Å²) in [6, 6.07) is 7.34. The minimum Gasteiger partial charge on any atom is -0.462 e. The third kappa shape index (κ3) is 6.76. The molecule has 3 aromatic rings. The Morgan fingerprint density at radius 1 is 1.27 bits per heavy atom. The normalized spacial score (nSPS) is 24.7. The summed E-state index contributed by atoms with van der Waals surface area (Å²) in [4.78, 5) is 25.1. The van der Waals surface area contributed by atoms with Crippen LogP contribution < -0.4 is 20.7 Å². The van der Waals surface area contributed by atoms with Gasteiger partial charge in [0.2, 0.25) is 5.95 Å². The number of imidazole rings is 1. The second-order valence-corrected chi connectivity index (χ2v) is 11.9. The third-order valence-electron chi connectivity index (χ3n) is 6.36. The Labute approximate surface area is 235 Å². The number of aliphatic hydroxyl groups is 1. The summed E-state index contributed by atoms with van der Waals surface area (Å²) in [6.07, 6.45) is -3.27. The predicted molar refractivity (Wildman–Crippen MR) is 146 cm³/mol. The maximum Gasteiger partial charge on any atom is 0.459 e. The van der Waals surface area contributed by atoms with Gasteiger partial charge in [0.05, 0.1) is 19.0 Å². The molecule has 222 valence electrons. The largest absolute Gasteiger partial charge is 0.462 e. The quantitative estimate of drug-likeness (QED) is 0.178. The molecule has 2 fully saturated rings. The molecule has 6 atom stereocenters. The van der Waals surface area contributed by atoms with E-state index in [9.17, 15) is 14.5 Å². The van der Waals surface area contributed by atoms with Crippen molar-refractivity contribution in [2.75, 3.05) is 17.7 Å². The van der Waals surface area contributed by atoms with Gasteiger partial charge < -0.3 is 30.2 Å². The first kappa shape index (κ1) is 29.1. The van der Waals surface area contributed by atoms with Gasteiger partial charge in [0.15, 0.2) is 29.4 Å². The summed E-state index contributed by atoms with van der Waals surface area (Å²) in [5.41, 5.74) is 6.49. The molecule has 41 heavy (non-hydrogen) atoms. The first-order chi connectivity index (χ1) is 19.5. The fraction of sp³-hybridized carbons (Fsp3) is 0.520. The van der Waals surface area contributed by atoms with Gasteiger partial charge >= 0.3 is 13.7 Å². The maximum atomic E-state index is 15.4. The summed E-state index contributed by atoms with van der Waals surface area (Å²) in [6.45, 7) is 4.25. The van der Waals surface area contributed by atoms with E-state index in [2.05, 4.69) is 25.4 Å². The molecule has 5 rings (SSSR count). The number of ether oxygens (including phenoxy) is 2. The Morgan fingerprint density at radius 2 is 2.00 bits per heavy atom. The summed E-state index contributed by atoms with van der Waals surface area (Å²) < 4.78 is 52.6. The molecule has 3 heterocycles. The second-order valence-electron chi connectivity index (χ2n) is 10.2. The number of alkyl halides is 1. The number of nitrogen functional groups attached to an aromatic ring is 1. The van der Waals surface area contributed by atoms with Crippen molar-refractivity contribution in [3.8, 4) is 5.75 Å². The average molecular weight is 594 g/mol. The van der Waals surface area contributed by atoms with Gasteiger partial charge in [0.1, 0.15) is 24.0 Å². The van der Waals surface area contributed by atoms with E-state index < -0.39 is 57.1 Å². The zero-order valence-electron chi connectivity index (χ0n) is 22.7. The van der Waals surface area contributed by atoms with Crippen molar-refractivity contribution in [1.82, 2.24) is 24.6 Å². The smallest absolute Gasteiger partial charge is 0.459 e. The van der Waals surface area contributed by atoms with Crippen molar-refractivity contribution >= 4 is 36.6 Å². The SMILES string of the molecule is CC(C)OC(=O)[C@H](C)N[P@](=O)(OC[C@H]1O[C@@H](n2cnc3c(NC4CC4)nc(N)nc32)[C@H](F)[C@@H]1O)Oc1ccccc1. The standard InChI is InChI=1S/C25H33FN7O7P/c1-13(2)38-24(35)14(3)32-41(36,40-16-7-5-4-6-8-16)37-11-17-20(34)18(26)23(39-17)33-12-28-19-21(29-15-9-10-15)30-25(27)31-22(19)33/h4-8,12-15,17-18,20,23,34H,9-11H2,1-3H3,(H,32,36)(H3,27,29,30,31)/t14-,17+,18+,20+,23+,41-/m0/s1. The van der Waals surface area contributed by atoms with Crippen molar-refractivity contribution < 1.29 is 37.4 Å². The second kappa shape index (κ2) is 11.9. The summed E-state index contributed by atoms with van der Waals surface area (Å²) >= 11 is 0. The molecule has 0 amide bonds. The Morgan fingerprint density at radius 3 is 2.68 bits per heavy atom. The average Bonchev–Trinajstić information content (AvgIpc) is 3.57. The van der Waals surface area contributed by atoms with Crippen LogP contribution in [-0.4, -0.2) is 73.8 Å². The lowest BCUT2D eigenvalue weighted by Crippen LogP contribution is -2.37. The number of carbonyl (C=O) groups excluding carboxylic acids is 1. The zero-order valence-corrected chi connectivity index (χ0v) is 23.6. The number of anilines is 2. The van der Waals surface area contributed by atoms with E-state index in [0.29, 0.717) is 11.3 Å². The molecule has 2 aromatic heterocycles. The lowest BCUT2D eigenvalue weighted by molar-refractivity contribution is -0.149. The van der Waals surface area contributed by atoms with Crippen LogP contribution >= 0.6 is 7.75 Å². The molecular formula is C25H33FN7O7P. The van der Waals surface area contributed by atoms with Crippen molar-refractivity contribution in [3.05, 3.63) is 36.7 Å². The molecule has 16 heteroatoms. The number of para-hydroxylation sites is 1. The van der Waals surface area contributed by atoms with Crippen LogP contribution in [-0.2, 0) is 23.4 Å². The minimum atomic E-state index is -4.26. The van der Waals surface area contributed by atoms with Crippen molar-refractivity contribution in [2.45, 2.75) is 76.4 Å². The Kier molecular flexibility index (Phi) is 8.43. The van der Waals surface area contributed by atoms with Gasteiger partial charge in [-0.25, -0.2) is 13.9 Å². The summed E-state index contributed by atoms with van der Waals surface area (Å²) in [7, 11) is -4.26. The van der Waals surface area contributed by atoms with Crippen LogP contribution in [0.15, 0.2) is 36.7 Å². The number of nitrogens with two attached hydrogens (primary N) is 1. The Hall–Kier alpha value is -3.36. The molecule has 2 aliphatic rings. The summed E-state index contributed by atoms with van der Waals surface area (Å²) in [5.74, 6) is -0.0887. The molecule has 0 radical (unpaired) electrons. The third-order valence-corrected chi connectivity index (χ3v) is 8.00. The van der Waals surface area contributed by atoms with E-state index in [1.165, 1.54) is 17.8 Å². The summed E-state index contributed by atoms with van der Waals surface area (Å²) in [5, 5.41) is 16.5. The number of carbonyl (C=O) groups is 1. The Bertz CT molecular complexity index is 1420. The number of halogens is 1. The van der Waals surface area contributed by atoms with Crippen LogP contribution in [0.2, 0.25) is 0 Å². The monoisotopic (exact) mass is 593 g/mol. The molecule has 14 nitrogen and oxygen atoms in total. The van der Waals surface area contributed by atoms with Crippen LogP contribution in [0, 0.1) is 0 Å². The number of benzene rings is 1. The molecule has 0 unspecified atom stereocenters. The number of nitrogens with zero attached hydrogens (tertiary/aromatic N) is 4. The molecule has 1 aromatic carbocycles. The van der Waals surface area contributed by atoms with E-state index in [1.807, 2.05) is 0 Å². The van der Waals surface area contributed by atoms with Gasteiger partial charge in [0, 0.05) is 6.04 Å². The lowest BCUT2D eigenvalue weighted by Gasteiger charge is -2.25. The highest BCUT2D eigenvalue weighted by Gasteiger charge is 2.47. The van der Waals surface area contributed by atoms with Crippen molar-refractivity contribution in [2.24, 2.45) is 0 Å². The number of hydrogen-bond acceptors (Lipinski definition) is 12.